The molecule has 0 heterocycles. The molecule has 14 heavy (non-hydrogen) atoms. The molecule has 0 aromatic carbocycles. The smallest absolute Gasteiger partial charge is 0.315 e. The third kappa shape index (κ3) is 10.6. The molecule has 0 saturated heterocycles. The summed E-state index contributed by atoms with van der Waals surface area (Å²) >= 11 is 5.43. The summed E-state index contributed by atoms with van der Waals surface area (Å²) in [6.45, 7) is 3.76. The number of hydrogen-bond acceptors (Lipinski definition) is 5. The van der Waals surface area contributed by atoms with E-state index in [2.05, 4.69) is 11.7 Å². The number of methoxy groups -OCH3 is 1. The number of rotatable bonds is 9. The second-order valence-corrected chi connectivity index (χ2v) is 5.91. The number of carbonyl (C=O) groups is 1. The molecule has 1 radical (unpaired) electrons. The van der Waals surface area contributed by atoms with Gasteiger partial charge in [-0.25, -0.2) is 0 Å². The van der Waals surface area contributed by atoms with Gasteiger partial charge in [-0.1, -0.05) is 0 Å². The number of thioether (sulfide) groups is 3. The minimum absolute atomic E-state index is 0.132. The van der Waals surface area contributed by atoms with Crippen molar-refractivity contribution in [1.29, 1.82) is 0 Å². The first-order chi connectivity index (χ1) is 6.81. The zero-order valence-corrected chi connectivity index (χ0v) is 10.9. The Bertz CT molecular complexity index is 142. The molecule has 0 aliphatic rings. The molecule has 83 valence electrons. The van der Waals surface area contributed by atoms with Crippen molar-refractivity contribution in [2.75, 3.05) is 41.6 Å². The number of ether oxygens (including phenoxy) is 1. The summed E-state index contributed by atoms with van der Waals surface area (Å²) in [5.41, 5.74) is 0. The molecule has 5 heteroatoms. The van der Waals surface area contributed by atoms with Gasteiger partial charge >= 0.3 is 5.97 Å². The first-order valence-electron chi connectivity index (χ1n) is 4.40. The van der Waals surface area contributed by atoms with E-state index in [0.29, 0.717) is 5.75 Å². The maximum atomic E-state index is 10.7. The highest BCUT2D eigenvalue weighted by Gasteiger charge is 1.98. The second kappa shape index (κ2) is 11.6. The maximum absolute atomic E-state index is 10.7. The van der Waals surface area contributed by atoms with Gasteiger partial charge in [0, 0.05) is 23.0 Å². The highest BCUT2D eigenvalue weighted by atomic mass is 32.2. The second-order valence-electron chi connectivity index (χ2n) is 2.35. The SMILES string of the molecule is [CH2]CSCCSCCSCC(=O)OC. The molecule has 0 aromatic rings. The van der Waals surface area contributed by atoms with Crippen LogP contribution in [0.2, 0.25) is 0 Å². The minimum atomic E-state index is -0.132. The van der Waals surface area contributed by atoms with E-state index in [1.165, 1.54) is 18.6 Å². The largest absolute Gasteiger partial charge is 0.468 e. The predicted molar refractivity (Wildman–Crippen MR) is 69.3 cm³/mol. The third-order valence-corrected chi connectivity index (χ3v) is 4.55. The van der Waals surface area contributed by atoms with Crippen molar-refractivity contribution in [3.63, 3.8) is 0 Å². The van der Waals surface area contributed by atoms with Crippen molar-refractivity contribution >= 4 is 41.3 Å². The Morgan fingerprint density at radius 3 is 2.29 bits per heavy atom. The Labute approximate surface area is 99.3 Å². The number of carbonyl (C=O) groups excluding carboxylic acids is 1. The van der Waals surface area contributed by atoms with E-state index < -0.39 is 0 Å². The van der Waals surface area contributed by atoms with Crippen LogP contribution < -0.4 is 0 Å². The fourth-order valence-corrected chi connectivity index (χ4v) is 3.38. The zero-order valence-electron chi connectivity index (χ0n) is 8.49. The summed E-state index contributed by atoms with van der Waals surface area (Å²) in [6, 6.07) is 0. The summed E-state index contributed by atoms with van der Waals surface area (Å²) in [7, 11) is 1.42. The fourth-order valence-electron chi connectivity index (χ4n) is 0.654. The molecule has 0 aliphatic heterocycles. The van der Waals surface area contributed by atoms with Gasteiger partial charge in [0.2, 0.25) is 0 Å². The van der Waals surface area contributed by atoms with Gasteiger partial charge in [-0.2, -0.15) is 23.5 Å². The standard InChI is InChI=1S/C9H17O2S3/c1-3-12-4-5-13-6-7-14-8-9(10)11-2/h1,3-8H2,2H3. The van der Waals surface area contributed by atoms with Crippen LogP contribution >= 0.6 is 35.3 Å². The Balaban J connectivity index is 2.95. The van der Waals surface area contributed by atoms with Crippen molar-refractivity contribution in [3.05, 3.63) is 6.92 Å². The van der Waals surface area contributed by atoms with E-state index in [9.17, 15) is 4.79 Å². The van der Waals surface area contributed by atoms with Crippen LogP contribution in [0.25, 0.3) is 0 Å². The van der Waals surface area contributed by atoms with Gasteiger partial charge in [-0.15, -0.1) is 11.8 Å². The average molecular weight is 253 g/mol. The Hall–Kier alpha value is 0.520. The average Bonchev–Trinajstić information content (AvgIpc) is 2.21. The molecular weight excluding hydrogens is 236 g/mol. The predicted octanol–water partition coefficient (Wildman–Crippen LogP) is 2.19. The molecule has 0 saturated carbocycles. The maximum Gasteiger partial charge on any atom is 0.315 e. The molecule has 0 unspecified atom stereocenters. The normalized spacial score (nSPS) is 10.1. The third-order valence-electron chi connectivity index (χ3n) is 1.34. The van der Waals surface area contributed by atoms with Gasteiger partial charge in [0.05, 0.1) is 12.9 Å². The van der Waals surface area contributed by atoms with Crippen LogP contribution in [-0.4, -0.2) is 47.6 Å². The number of esters is 1. The molecule has 2 nitrogen and oxygen atoms in total. The van der Waals surface area contributed by atoms with Crippen LogP contribution in [-0.2, 0) is 9.53 Å². The van der Waals surface area contributed by atoms with Gasteiger partial charge in [0.15, 0.2) is 0 Å². The molecule has 0 spiro atoms. The van der Waals surface area contributed by atoms with Crippen LogP contribution in [0.3, 0.4) is 0 Å². The van der Waals surface area contributed by atoms with Gasteiger partial charge in [0.1, 0.15) is 0 Å². The lowest BCUT2D eigenvalue weighted by atomic mass is 10.8. The monoisotopic (exact) mass is 253 g/mol. The van der Waals surface area contributed by atoms with Crippen LogP contribution in [0.4, 0.5) is 0 Å². The Morgan fingerprint density at radius 2 is 1.71 bits per heavy atom. The van der Waals surface area contributed by atoms with Crippen molar-refractivity contribution < 1.29 is 9.53 Å². The minimum Gasteiger partial charge on any atom is -0.468 e. The molecule has 0 aliphatic carbocycles. The summed E-state index contributed by atoms with van der Waals surface area (Å²) in [5.74, 6) is 5.79. The molecule has 0 amide bonds. The highest BCUT2D eigenvalue weighted by Crippen LogP contribution is 2.09. The topological polar surface area (TPSA) is 26.3 Å². The van der Waals surface area contributed by atoms with Crippen LogP contribution in [0.1, 0.15) is 0 Å². The van der Waals surface area contributed by atoms with Crippen LogP contribution in [0.5, 0.6) is 0 Å². The highest BCUT2D eigenvalue weighted by molar-refractivity contribution is 8.04. The lowest BCUT2D eigenvalue weighted by molar-refractivity contribution is -0.137. The lowest BCUT2D eigenvalue weighted by Crippen LogP contribution is -2.04. The Kier molecular flexibility index (Phi) is 12.0. The summed E-state index contributed by atoms with van der Waals surface area (Å²) in [6.07, 6.45) is 0. The van der Waals surface area contributed by atoms with E-state index in [-0.39, 0.29) is 5.97 Å². The molecule has 0 N–H and O–H groups in total. The molecular formula is C9H17O2S3. The fraction of sp³-hybridized carbons (Fsp3) is 0.778. The first-order valence-corrected chi connectivity index (χ1v) is 7.87. The molecule has 0 atom stereocenters. The number of hydrogen-bond donors (Lipinski definition) is 0. The van der Waals surface area contributed by atoms with Gasteiger partial charge in [0.25, 0.3) is 0 Å². The van der Waals surface area contributed by atoms with Gasteiger partial charge in [-0.3, -0.25) is 4.79 Å². The molecule has 0 fully saturated rings. The summed E-state index contributed by atoms with van der Waals surface area (Å²) < 4.78 is 4.53. The zero-order chi connectivity index (χ0) is 10.6. The quantitative estimate of drug-likeness (QED) is 0.464. The Morgan fingerprint density at radius 1 is 1.14 bits per heavy atom. The molecule has 0 aromatic heterocycles. The molecule has 0 rings (SSSR count). The van der Waals surface area contributed by atoms with E-state index in [1.807, 2.05) is 23.5 Å². The van der Waals surface area contributed by atoms with E-state index >= 15 is 0 Å². The van der Waals surface area contributed by atoms with Gasteiger partial charge in [-0.05, 0) is 12.7 Å². The van der Waals surface area contributed by atoms with E-state index in [0.717, 1.165) is 17.3 Å². The van der Waals surface area contributed by atoms with E-state index in [4.69, 9.17) is 0 Å². The van der Waals surface area contributed by atoms with Crippen molar-refractivity contribution in [1.82, 2.24) is 0 Å². The van der Waals surface area contributed by atoms with Crippen molar-refractivity contribution in [2.24, 2.45) is 0 Å². The first kappa shape index (κ1) is 14.5. The van der Waals surface area contributed by atoms with Crippen LogP contribution in [0.15, 0.2) is 0 Å². The summed E-state index contributed by atoms with van der Waals surface area (Å²) in [5, 5.41) is 0. The molecule has 0 bridgehead atoms. The lowest BCUT2D eigenvalue weighted by Gasteiger charge is -2.01. The van der Waals surface area contributed by atoms with E-state index in [1.54, 1.807) is 11.8 Å². The van der Waals surface area contributed by atoms with Gasteiger partial charge < -0.3 is 4.74 Å². The van der Waals surface area contributed by atoms with Crippen molar-refractivity contribution in [2.45, 2.75) is 0 Å². The van der Waals surface area contributed by atoms with Crippen molar-refractivity contribution in [3.8, 4) is 0 Å². The van der Waals surface area contributed by atoms with Crippen LogP contribution in [0, 0.1) is 6.92 Å². The summed E-state index contributed by atoms with van der Waals surface area (Å²) in [4.78, 5) is 10.7.